The van der Waals surface area contributed by atoms with Crippen LogP contribution >= 0.6 is 0 Å². The third-order valence-electron chi connectivity index (χ3n) is 3.81. The number of likely N-dealkylation sites (tertiary alicyclic amines) is 1. The first-order valence-electron chi connectivity index (χ1n) is 6.21. The number of hydrogen-bond donors (Lipinski definition) is 1. The zero-order valence-electron chi connectivity index (χ0n) is 9.63. The van der Waals surface area contributed by atoms with Gasteiger partial charge >= 0.3 is 0 Å². The smallest absolute Gasteiger partial charge is 0.0195 e. The van der Waals surface area contributed by atoms with Crippen molar-refractivity contribution in [1.29, 1.82) is 0 Å². The third kappa shape index (κ3) is 2.71. The van der Waals surface area contributed by atoms with E-state index in [9.17, 15) is 0 Å². The highest BCUT2D eigenvalue weighted by Gasteiger charge is 2.30. The molecule has 2 unspecified atom stereocenters. The molecule has 2 nitrogen and oxygen atoms in total. The number of hydrogen-bond acceptors (Lipinski definition) is 2. The second kappa shape index (κ2) is 4.63. The van der Waals surface area contributed by atoms with Gasteiger partial charge in [-0.1, -0.05) is 13.3 Å². The van der Waals surface area contributed by atoms with E-state index in [0.29, 0.717) is 0 Å². The van der Waals surface area contributed by atoms with Crippen molar-refractivity contribution >= 4 is 0 Å². The summed E-state index contributed by atoms with van der Waals surface area (Å²) in [5.41, 5.74) is 0. The van der Waals surface area contributed by atoms with Crippen LogP contribution in [0.4, 0.5) is 0 Å². The maximum atomic E-state index is 3.45. The molecule has 1 aliphatic heterocycles. The lowest BCUT2D eigenvalue weighted by atomic mass is 9.92. The SMILES string of the molecule is CCC1CC(NC)CN(CC2CC2)C1. The van der Waals surface area contributed by atoms with Crippen LogP contribution < -0.4 is 5.32 Å². The summed E-state index contributed by atoms with van der Waals surface area (Å²) >= 11 is 0. The summed E-state index contributed by atoms with van der Waals surface area (Å²) in [7, 11) is 2.11. The van der Waals surface area contributed by atoms with Crippen LogP contribution in [0, 0.1) is 11.8 Å². The Morgan fingerprint density at radius 3 is 2.57 bits per heavy atom. The standard InChI is InChI=1S/C12H24N2/c1-3-10-6-12(13-2)9-14(7-10)8-11-4-5-11/h10-13H,3-9H2,1-2H3. The van der Waals surface area contributed by atoms with Crippen LogP contribution in [0.2, 0.25) is 0 Å². The Labute approximate surface area is 88.1 Å². The summed E-state index contributed by atoms with van der Waals surface area (Å²) in [6.07, 6.45) is 5.70. The summed E-state index contributed by atoms with van der Waals surface area (Å²) in [5.74, 6) is 1.98. The van der Waals surface area contributed by atoms with Crippen LogP contribution in [0.15, 0.2) is 0 Å². The van der Waals surface area contributed by atoms with E-state index in [-0.39, 0.29) is 0 Å². The summed E-state index contributed by atoms with van der Waals surface area (Å²) in [6, 6.07) is 0.743. The molecule has 82 valence electrons. The van der Waals surface area contributed by atoms with Crippen LogP contribution in [0.3, 0.4) is 0 Å². The molecule has 0 aromatic rings. The first-order valence-corrected chi connectivity index (χ1v) is 6.21. The van der Waals surface area contributed by atoms with Gasteiger partial charge in [0.05, 0.1) is 0 Å². The maximum Gasteiger partial charge on any atom is 0.0195 e. The van der Waals surface area contributed by atoms with Gasteiger partial charge in [0.1, 0.15) is 0 Å². The van der Waals surface area contributed by atoms with E-state index in [2.05, 4.69) is 24.2 Å². The molecule has 2 fully saturated rings. The molecule has 1 saturated heterocycles. The normalized spacial score (nSPS) is 34.7. The predicted octanol–water partition coefficient (Wildman–Crippen LogP) is 1.72. The molecule has 2 heteroatoms. The van der Waals surface area contributed by atoms with Gasteiger partial charge in [0.15, 0.2) is 0 Å². The molecule has 14 heavy (non-hydrogen) atoms. The summed E-state index contributed by atoms with van der Waals surface area (Å²) in [6.45, 7) is 6.33. The lowest BCUT2D eigenvalue weighted by molar-refractivity contribution is 0.137. The summed E-state index contributed by atoms with van der Waals surface area (Å²) in [4.78, 5) is 2.69. The molecule has 0 radical (unpaired) electrons. The minimum atomic E-state index is 0.743. The minimum Gasteiger partial charge on any atom is -0.316 e. The van der Waals surface area contributed by atoms with Crippen LogP contribution in [0.1, 0.15) is 32.6 Å². The van der Waals surface area contributed by atoms with Gasteiger partial charge in [0, 0.05) is 25.7 Å². The molecule has 0 aromatic heterocycles. The van der Waals surface area contributed by atoms with Crippen molar-refractivity contribution in [1.82, 2.24) is 10.2 Å². The second-order valence-corrected chi connectivity index (χ2v) is 5.16. The largest absolute Gasteiger partial charge is 0.316 e. The Morgan fingerprint density at radius 1 is 1.21 bits per heavy atom. The first kappa shape index (κ1) is 10.4. The van der Waals surface area contributed by atoms with E-state index in [0.717, 1.165) is 17.9 Å². The van der Waals surface area contributed by atoms with Gasteiger partial charge in [-0.25, -0.2) is 0 Å². The first-order chi connectivity index (χ1) is 6.81. The molecule has 1 saturated carbocycles. The fraction of sp³-hybridized carbons (Fsp3) is 1.00. The van der Waals surface area contributed by atoms with Crippen molar-refractivity contribution in [3.8, 4) is 0 Å². The van der Waals surface area contributed by atoms with Gasteiger partial charge in [-0.15, -0.1) is 0 Å². The van der Waals surface area contributed by atoms with Gasteiger partial charge in [-0.2, -0.15) is 0 Å². The summed E-state index contributed by atoms with van der Waals surface area (Å²) < 4.78 is 0. The highest BCUT2D eigenvalue weighted by Crippen LogP contribution is 2.31. The lowest BCUT2D eigenvalue weighted by Crippen LogP contribution is -2.48. The molecule has 0 bridgehead atoms. The molecule has 1 heterocycles. The average molecular weight is 196 g/mol. The Balaban J connectivity index is 1.82. The molecule has 0 spiro atoms. The van der Waals surface area contributed by atoms with E-state index < -0.39 is 0 Å². The third-order valence-corrected chi connectivity index (χ3v) is 3.81. The lowest BCUT2D eigenvalue weighted by Gasteiger charge is -2.37. The molecule has 2 aliphatic rings. The van der Waals surface area contributed by atoms with E-state index >= 15 is 0 Å². The second-order valence-electron chi connectivity index (χ2n) is 5.16. The molecule has 0 aromatic carbocycles. The zero-order chi connectivity index (χ0) is 9.97. The number of likely N-dealkylation sites (N-methyl/N-ethyl adjacent to an activating group) is 1. The van der Waals surface area contributed by atoms with Crippen molar-refractivity contribution in [2.75, 3.05) is 26.7 Å². The van der Waals surface area contributed by atoms with Crippen molar-refractivity contribution in [3.63, 3.8) is 0 Å². The van der Waals surface area contributed by atoms with Crippen molar-refractivity contribution in [3.05, 3.63) is 0 Å². The fourth-order valence-electron chi connectivity index (χ4n) is 2.62. The van der Waals surface area contributed by atoms with Crippen molar-refractivity contribution in [2.45, 2.75) is 38.6 Å². The quantitative estimate of drug-likeness (QED) is 0.736. The molecular weight excluding hydrogens is 172 g/mol. The molecular formula is C12H24N2. The molecule has 2 atom stereocenters. The van der Waals surface area contributed by atoms with Gasteiger partial charge in [0.2, 0.25) is 0 Å². The molecule has 1 N–H and O–H groups in total. The highest BCUT2D eigenvalue weighted by atomic mass is 15.2. The van der Waals surface area contributed by atoms with E-state index in [1.165, 1.54) is 45.3 Å². The van der Waals surface area contributed by atoms with Crippen molar-refractivity contribution < 1.29 is 0 Å². The Kier molecular flexibility index (Phi) is 3.45. The number of nitrogens with one attached hydrogen (secondary N) is 1. The van der Waals surface area contributed by atoms with E-state index in [1.807, 2.05) is 0 Å². The monoisotopic (exact) mass is 196 g/mol. The van der Waals surface area contributed by atoms with Crippen LogP contribution in [0.5, 0.6) is 0 Å². The number of piperidine rings is 1. The van der Waals surface area contributed by atoms with Gasteiger partial charge in [-0.05, 0) is 38.1 Å². The van der Waals surface area contributed by atoms with Gasteiger partial charge < -0.3 is 10.2 Å². The topological polar surface area (TPSA) is 15.3 Å². The maximum absolute atomic E-state index is 3.45. The van der Waals surface area contributed by atoms with Gasteiger partial charge in [-0.3, -0.25) is 0 Å². The molecule has 0 amide bonds. The number of rotatable bonds is 4. The Bertz CT molecular complexity index is 165. The fourth-order valence-corrected chi connectivity index (χ4v) is 2.62. The number of nitrogens with zero attached hydrogens (tertiary/aromatic N) is 1. The van der Waals surface area contributed by atoms with E-state index in [4.69, 9.17) is 0 Å². The average Bonchev–Trinajstić information content (AvgIpc) is 3.01. The highest BCUT2D eigenvalue weighted by molar-refractivity contribution is 4.85. The predicted molar refractivity (Wildman–Crippen MR) is 60.4 cm³/mol. The Morgan fingerprint density at radius 2 is 2.00 bits per heavy atom. The molecule has 1 aliphatic carbocycles. The molecule has 2 rings (SSSR count). The van der Waals surface area contributed by atoms with Crippen LogP contribution in [0.25, 0.3) is 0 Å². The zero-order valence-corrected chi connectivity index (χ0v) is 9.63. The Hall–Kier alpha value is -0.0800. The van der Waals surface area contributed by atoms with Crippen molar-refractivity contribution in [2.24, 2.45) is 11.8 Å². The van der Waals surface area contributed by atoms with Crippen LogP contribution in [-0.4, -0.2) is 37.6 Å². The summed E-state index contributed by atoms with van der Waals surface area (Å²) in [5, 5.41) is 3.45. The minimum absolute atomic E-state index is 0.743. The van der Waals surface area contributed by atoms with Crippen LogP contribution in [-0.2, 0) is 0 Å². The van der Waals surface area contributed by atoms with E-state index in [1.54, 1.807) is 0 Å². The van der Waals surface area contributed by atoms with Gasteiger partial charge in [0.25, 0.3) is 0 Å².